The second-order valence-electron chi connectivity index (χ2n) is 5.72. The van der Waals surface area contributed by atoms with Gasteiger partial charge in [0.2, 0.25) is 0 Å². The average molecular weight is 277 g/mol. The van der Waals surface area contributed by atoms with E-state index in [2.05, 4.69) is 5.32 Å². The van der Waals surface area contributed by atoms with Gasteiger partial charge in [-0.3, -0.25) is 0 Å². The van der Waals surface area contributed by atoms with Crippen LogP contribution in [0.5, 0.6) is 0 Å². The van der Waals surface area contributed by atoms with E-state index in [1.54, 1.807) is 0 Å². The maximum Gasteiger partial charge on any atom is 0.407 e. The van der Waals surface area contributed by atoms with Crippen molar-refractivity contribution < 1.29 is 14.3 Å². The standard InChI is InChI=1S/C16H23NO3/c1-16(2,3)20-15(19)17-11-7-10-14(12-18)13-8-5-4-6-9-13/h4-6,8-9,12,14H,7,10-11H2,1-3H3,(H,17,19). The van der Waals surface area contributed by atoms with Crippen LogP contribution in [0.25, 0.3) is 0 Å². The number of carbonyl (C=O) groups is 2. The lowest BCUT2D eigenvalue weighted by molar-refractivity contribution is -0.109. The number of alkyl carbamates (subject to hydrolysis) is 1. The zero-order valence-corrected chi connectivity index (χ0v) is 12.4. The van der Waals surface area contributed by atoms with Gasteiger partial charge in [0.25, 0.3) is 0 Å². The molecule has 0 aliphatic heterocycles. The van der Waals surface area contributed by atoms with Crippen molar-refractivity contribution in [2.24, 2.45) is 0 Å². The fraction of sp³-hybridized carbons (Fsp3) is 0.500. The van der Waals surface area contributed by atoms with E-state index in [0.29, 0.717) is 13.0 Å². The van der Waals surface area contributed by atoms with Crippen molar-refractivity contribution in [2.45, 2.75) is 45.1 Å². The first kappa shape index (κ1) is 16.2. The Kier molecular flexibility index (Phi) is 6.22. The van der Waals surface area contributed by atoms with Gasteiger partial charge in [0.1, 0.15) is 11.9 Å². The lowest BCUT2D eigenvalue weighted by Gasteiger charge is -2.19. The van der Waals surface area contributed by atoms with Gasteiger partial charge in [0.05, 0.1) is 0 Å². The zero-order chi connectivity index (χ0) is 15.0. The van der Waals surface area contributed by atoms with Gasteiger partial charge in [0, 0.05) is 12.5 Å². The van der Waals surface area contributed by atoms with Gasteiger partial charge in [-0.2, -0.15) is 0 Å². The van der Waals surface area contributed by atoms with Crippen molar-refractivity contribution in [1.82, 2.24) is 5.32 Å². The molecular weight excluding hydrogens is 254 g/mol. The smallest absolute Gasteiger partial charge is 0.407 e. The molecule has 0 aliphatic carbocycles. The molecule has 1 amide bonds. The van der Waals surface area contributed by atoms with Crippen molar-refractivity contribution in [2.75, 3.05) is 6.54 Å². The van der Waals surface area contributed by atoms with E-state index in [1.165, 1.54) is 0 Å². The highest BCUT2D eigenvalue weighted by atomic mass is 16.6. The van der Waals surface area contributed by atoms with Crippen LogP contribution in [0.3, 0.4) is 0 Å². The summed E-state index contributed by atoms with van der Waals surface area (Å²) in [5, 5.41) is 2.69. The number of rotatable bonds is 6. The molecule has 0 saturated heterocycles. The molecule has 0 fully saturated rings. The maximum absolute atomic E-state index is 11.4. The highest BCUT2D eigenvalue weighted by Crippen LogP contribution is 2.18. The summed E-state index contributed by atoms with van der Waals surface area (Å²) in [4.78, 5) is 22.5. The summed E-state index contributed by atoms with van der Waals surface area (Å²) in [6.07, 6.45) is 1.99. The Hall–Kier alpha value is -1.84. The highest BCUT2D eigenvalue weighted by Gasteiger charge is 2.15. The van der Waals surface area contributed by atoms with Crippen LogP contribution in [0.1, 0.15) is 45.1 Å². The summed E-state index contributed by atoms with van der Waals surface area (Å²) in [5.74, 6) is -0.114. The van der Waals surface area contributed by atoms with Gasteiger partial charge < -0.3 is 14.8 Å². The molecule has 4 heteroatoms. The number of carbonyl (C=O) groups excluding carboxylic acids is 2. The number of nitrogens with one attached hydrogen (secondary N) is 1. The average Bonchev–Trinajstić information content (AvgIpc) is 2.38. The number of amides is 1. The zero-order valence-electron chi connectivity index (χ0n) is 12.4. The van der Waals surface area contributed by atoms with E-state index in [0.717, 1.165) is 18.3 Å². The molecule has 1 atom stereocenters. The number of ether oxygens (including phenoxy) is 1. The Balaban J connectivity index is 2.29. The second kappa shape index (κ2) is 7.68. The van der Waals surface area contributed by atoms with Crippen LogP contribution in [-0.4, -0.2) is 24.5 Å². The summed E-state index contributed by atoms with van der Waals surface area (Å²) in [5.41, 5.74) is 0.527. The Labute approximate surface area is 120 Å². The van der Waals surface area contributed by atoms with Gasteiger partial charge >= 0.3 is 6.09 Å². The highest BCUT2D eigenvalue weighted by molar-refractivity contribution is 5.67. The van der Waals surface area contributed by atoms with Crippen LogP contribution < -0.4 is 5.32 Å². The van der Waals surface area contributed by atoms with Crippen LogP contribution in [0.2, 0.25) is 0 Å². The van der Waals surface area contributed by atoms with Gasteiger partial charge in [-0.15, -0.1) is 0 Å². The first-order valence-corrected chi connectivity index (χ1v) is 6.89. The molecule has 0 saturated carbocycles. The summed E-state index contributed by atoms with van der Waals surface area (Å²) < 4.78 is 5.14. The van der Waals surface area contributed by atoms with Crippen molar-refractivity contribution in [3.05, 3.63) is 35.9 Å². The Bertz CT molecular complexity index is 423. The summed E-state index contributed by atoms with van der Waals surface area (Å²) in [6, 6.07) is 9.66. The van der Waals surface area contributed by atoms with Gasteiger partial charge in [-0.1, -0.05) is 30.3 Å². The predicted molar refractivity (Wildman–Crippen MR) is 78.7 cm³/mol. The topological polar surface area (TPSA) is 55.4 Å². The van der Waals surface area contributed by atoms with Crippen LogP contribution in [0.4, 0.5) is 4.79 Å². The molecule has 0 aliphatic rings. The molecular formula is C16H23NO3. The third kappa shape index (κ3) is 6.36. The van der Waals surface area contributed by atoms with E-state index in [-0.39, 0.29) is 5.92 Å². The summed E-state index contributed by atoms with van der Waals surface area (Å²) in [6.45, 7) is 5.98. The molecule has 1 aromatic rings. The molecule has 0 radical (unpaired) electrons. The van der Waals surface area contributed by atoms with Crippen LogP contribution in [0, 0.1) is 0 Å². The predicted octanol–water partition coefficient (Wildman–Crippen LogP) is 3.27. The van der Waals surface area contributed by atoms with Crippen molar-refractivity contribution in [3.8, 4) is 0 Å². The van der Waals surface area contributed by atoms with Crippen LogP contribution in [-0.2, 0) is 9.53 Å². The number of hydrogen-bond donors (Lipinski definition) is 1. The molecule has 1 aromatic carbocycles. The van der Waals surface area contributed by atoms with E-state index in [1.807, 2.05) is 51.1 Å². The minimum Gasteiger partial charge on any atom is -0.444 e. The van der Waals surface area contributed by atoms with E-state index in [4.69, 9.17) is 4.74 Å². The van der Waals surface area contributed by atoms with E-state index in [9.17, 15) is 9.59 Å². The molecule has 1 N–H and O–H groups in total. The minimum absolute atomic E-state index is 0.114. The Morgan fingerprint density at radius 2 is 1.95 bits per heavy atom. The summed E-state index contributed by atoms with van der Waals surface area (Å²) in [7, 11) is 0. The lowest BCUT2D eigenvalue weighted by Crippen LogP contribution is -2.33. The molecule has 0 heterocycles. The lowest BCUT2D eigenvalue weighted by atomic mass is 9.96. The fourth-order valence-corrected chi connectivity index (χ4v) is 1.84. The quantitative estimate of drug-likeness (QED) is 0.641. The summed E-state index contributed by atoms with van der Waals surface area (Å²) >= 11 is 0. The monoisotopic (exact) mass is 277 g/mol. The number of benzene rings is 1. The Morgan fingerprint density at radius 3 is 2.50 bits per heavy atom. The first-order chi connectivity index (χ1) is 9.42. The minimum atomic E-state index is -0.487. The van der Waals surface area contributed by atoms with Gasteiger partial charge in [-0.25, -0.2) is 4.79 Å². The normalized spacial score (nSPS) is 12.6. The fourth-order valence-electron chi connectivity index (χ4n) is 1.84. The number of hydrogen-bond acceptors (Lipinski definition) is 3. The Morgan fingerprint density at radius 1 is 1.30 bits per heavy atom. The number of aldehydes is 1. The molecule has 20 heavy (non-hydrogen) atoms. The van der Waals surface area contributed by atoms with Gasteiger partial charge in [-0.05, 0) is 39.2 Å². The largest absolute Gasteiger partial charge is 0.444 e. The van der Waals surface area contributed by atoms with Crippen LogP contribution in [0.15, 0.2) is 30.3 Å². The van der Waals surface area contributed by atoms with Crippen molar-refractivity contribution in [3.63, 3.8) is 0 Å². The third-order valence-corrected chi connectivity index (χ3v) is 2.75. The van der Waals surface area contributed by atoms with E-state index < -0.39 is 11.7 Å². The maximum atomic E-state index is 11.4. The molecule has 110 valence electrons. The first-order valence-electron chi connectivity index (χ1n) is 6.89. The molecule has 0 bridgehead atoms. The van der Waals surface area contributed by atoms with Crippen molar-refractivity contribution >= 4 is 12.4 Å². The molecule has 1 unspecified atom stereocenters. The van der Waals surface area contributed by atoms with Crippen LogP contribution >= 0.6 is 0 Å². The van der Waals surface area contributed by atoms with E-state index >= 15 is 0 Å². The third-order valence-electron chi connectivity index (χ3n) is 2.75. The SMILES string of the molecule is CC(C)(C)OC(=O)NCCCC(C=O)c1ccccc1. The molecule has 4 nitrogen and oxygen atoms in total. The molecule has 0 aromatic heterocycles. The van der Waals surface area contributed by atoms with Gasteiger partial charge in [0.15, 0.2) is 0 Å². The van der Waals surface area contributed by atoms with Crippen molar-refractivity contribution in [1.29, 1.82) is 0 Å². The molecule has 0 spiro atoms. The molecule has 1 rings (SSSR count). The second-order valence-corrected chi connectivity index (χ2v) is 5.72.